The molecular formula is C23H19Cl3FNO2. The lowest BCUT2D eigenvalue weighted by Crippen LogP contribution is -2.44. The second-order valence-electron chi connectivity index (χ2n) is 8.52. The van der Waals surface area contributed by atoms with Crippen molar-refractivity contribution in [1.29, 1.82) is 0 Å². The average Bonchev–Trinajstić information content (AvgIpc) is 2.61. The van der Waals surface area contributed by atoms with Crippen molar-refractivity contribution in [2.75, 3.05) is 4.90 Å². The minimum atomic E-state index is -0.730. The first-order valence-electron chi connectivity index (χ1n) is 9.57. The van der Waals surface area contributed by atoms with Gasteiger partial charge in [-0.2, -0.15) is 0 Å². The number of hydrogen-bond acceptors (Lipinski definition) is 2. The van der Waals surface area contributed by atoms with Crippen molar-refractivity contribution in [2.24, 2.45) is 5.41 Å². The normalized spacial score (nSPS) is 21.1. The monoisotopic (exact) mass is 465 g/mol. The summed E-state index contributed by atoms with van der Waals surface area (Å²) in [7, 11) is 0. The summed E-state index contributed by atoms with van der Waals surface area (Å²) in [5, 5.41) is 0.953. The van der Waals surface area contributed by atoms with Gasteiger partial charge in [-0.1, -0.05) is 54.7 Å². The number of carbonyl (C=O) groups is 2. The van der Waals surface area contributed by atoms with Gasteiger partial charge in [-0.3, -0.25) is 14.5 Å². The molecule has 1 unspecified atom stereocenters. The summed E-state index contributed by atoms with van der Waals surface area (Å²) < 4.78 is 14.7. The fourth-order valence-corrected chi connectivity index (χ4v) is 5.24. The highest BCUT2D eigenvalue weighted by Crippen LogP contribution is 2.50. The van der Waals surface area contributed by atoms with E-state index in [0.29, 0.717) is 39.8 Å². The Labute approximate surface area is 189 Å². The van der Waals surface area contributed by atoms with Gasteiger partial charge in [0, 0.05) is 45.6 Å². The first-order chi connectivity index (χ1) is 14.1. The molecule has 3 nitrogen and oxygen atoms in total. The van der Waals surface area contributed by atoms with Crippen LogP contribution >= 0.6 is 34.8 Å². The Hall–Kier alpha value is -1.88. The summed E-state index contributed by atoms with van der Waals surface area (Å²) in [5.74, 6) is -1.63. The van der Waals surface area contributed by atoms with Crippen molar-refractivity contribution >= 4 is 52.2 Å². The van der Waals surface area contributed by atoms with Crippen LogP contribution in [0.25, 0.3) is 0 Å². The first kappa shape index (κ1) is 21.4. The standard InChI is InChI=1S/C23H19Cl3FNO2/c1-23(2)10-18-22(19(29)11-23)13(21-14(25)4-3-5-16(21)27)9-20(30)28(18)17-7-6-12(24)8-15(17)26/h3-8,13H,9-11H2,1-2H3. The quantitative estimate of drug-likeness (QED) is 0.480. The van der Waals surface area contributed by atoms with Crippen molar-refractivity contribution in [3.05, 3.63) is 74.1 Å². The molecule has 30 heavy (non-hydrogen) atoms. The lowest BCUT2D eigenvalue weighted by Gasteiger charge is -2.43. The first-order valence-corrected chi connectivity index (χ1v) is 10.7. The number of ketones is 1. The lowest BCUT2D eigenvalue weighted by molar-refractivity contribution is -0.121. The van der Waals surface area contributed by atoms with E-state index in [4.69, 9.17) is 34.8 Å². The van der Waals surface area contributed by atoms with E-state index in [1.807, 2.05) is 13.8 Å². The fraction of sp³-hybridized carbons (Fsp3) is 0.304. The van der Waals surface area contributed by atoms with Gasteiger partial charge in [-0.05, 0) is 42.2 Å². The topological polar surface area (TPSA) is 37.4 Å². The number of rotatable bonds is 2. The van der Waals surface area contributed by atoms with E-state index in [9.17, 15) is 14.0 Å². The second kappa shape index (κ2) is 7.67. The minimum absolute atomic E-state index is 0.0788. The molecule has 156 valence electrons. The van der Waals surface area contributed by atoms with Gasteiger partial charge in [0.2, 0.25) is 5.91 Å². The van der Waals surface area contributed by atoms with E-state index < -0.39 is 11.7 Å². The molecule has 2 aromatic carbocycles. The number of benzene rings is 2. The maximum atomic E-state index is 14.7. The highest BCUT2D eigenvalue weighted by Gasteiger charge is 2.45. The van der Waals surface area contributed by atoms with Gasteiger partial charge in [0.15, 0.2) is 5.78 Å². The van der Waals surface area contributed by atoms with Gasteiger partial charge in [0.05, 0.1) is 10.7 Å². The Balaban J connectivity index is 1.96. The van der Waals surface area contributed by atoms with Crippen LogP contribution in [0.4, 0.5) is 10.1 Å². The maximum absolute atomic E-state index is 14.7. The van der Waals surface area contributed by atoms with Gasteiger partial charge in [0.25, 0.3) is 0 Å². The molecule has 1 aliphatic carbocycles. The molecule has 1 amide bonds. The number of anilines is 1. The Morgan fingerprint density at radius 1 is 1.03 bits per heavy atom. The summed E-state index contributed by atoms with van der Waals surface area (Å²) in [6.07, 6.45) is 0.705. The van der Waals surface area contributed by atoms with E-state index in [2.05, 4.69) is 0 Å². The molecule has 2 aliphatic rings. The predicted molar refractivity (Wildman–Crippen MR) is 118 cm³/mol. The smallest absolute Gasteiger partial charge is 0.232 e. The number of nitrogens with zero attached hydrogens (tertiary/aromatic N) is 1. The van der Waals surface area contributed by atoms with Crippen LogP contribution in [0.3, 0.4) is 0 Å². The zero-order valence-electron chi connectivity index (χ0n) is 16.4. The van der Waals surface area contributed by atoms with Crippen molar-refractivity contribution < 1.29 is 14.0 Å². The molecule has 1 aliphatic heterocycles. The summed E-state index contributed by atoms with van der Waals surface area (Å²) in [6, 6.07) is 9.24. The molecule has 0 fully saturated rings. The molecule has 1 atom stereocenters. The van der Waals surface area contributed by atoms with Gasteiger partial charge in [0.1, 0.15) is 5.82 Å². The van der Waals surface area contributed by atoms with Crippen LogP contribution in [0.1, 0.15) is 44.6 Å². The highest BCUT2D eigenvalue weighted by atomic mass is 35.5. The molecule has 1 heterocycles. The summed E-state index contributed by atoms with van der Waals surface area (Å²) >= 11 is 18.7. The molecule has 7 heteroatoms. The molecule has 0 saturated carbocycles. The third-order valence-electron chi connectivity index (χ3n) is 5.64. The van der Waals surface area contributed by atoms with E-state index in [-0.39, 0.29) is 34.1 Å². The van der Waals surface area contributed by atoms with Crippen LogP contribution in [0.5, 0.6) is 0 Å². The van der Waals surface area contributed by atoms with E-state index in [1.165, 1.54) is 17.0 Å². The van der Waals surface area contributed by atoms with Crippen molar-refractivity contribution in [1.82, 2.24) is 0 Å². The van der Waals surface area contributed by atoms with Crippen molar-refractivity contribution in [3.63, 3.8) is 0 Å². The molecule has 4 rings (SSSR count). The van der Waals surface area contributed by atoms with Crippen LogP contribution in [0.15, 0.2) is 47.7 Å². The van der Waals surface area contributed by atoms with Gasteiger partial charge in [-0.25, -0.2) is 4.39 Å². The Bertz CT molecular complexity index is 1090. The molecule has 0 aromatic heterocycles. The number of amides is 1. The van der Waals surface area contributed by atoms with Crippen LogP contribution in [-0.2, 0) is 9.59 Å². The zero-order valence-corrected chi connectivity index (χ0v) is 18.7. The third kappa shape index (κ3) is 3.66. The van der Waals surface area contributed by atoms with Crippen molar-refractivity contribution in [2.45, 2.75) is 39.0 Å². The lowest BCUT2D eigenvalue weighted by atomic mass is 9.69. The molecule has 0 bridgehead atoms. The Morgan fingerprint density at radius 2 is 1.77 bits per heavy atom. The van der Waals surface area contributed by atoms with Gasteiger partial charge >= 0.3 is 0 Å². The van der Waals surface area contributed by atoms with Crippen LogP contribution in [-0.4, -0.2) is 11.7 Å². The van der Waals surface area contributed by atoms with Crippen molar-refractivity contribution in [3.8, 4) is 0 Å². The Morgan fingerprint density at radius 3 is 2.43 bits per heavy atom. The molecule has 0 saturated heterocycles. The largest absolute Gasteiger partial charge is 0.294 e. The number of Topliss-reactive ketones (excluding diaryl/α,β-unsaturated/α-hetero) is 1. The van der Waals surface area contributed by atoms with Gasteiger partial charge < -0.3 is 0 Å². The summed E-state index contributed by atoms with van der Waals surface area (Å²) in [5.41, 5.74) is 1.29. The van der Waals surface area contributed by atoms with Crippen LogP contribution in [0.2, 0.25) is 15.1 Å². The van der Waals surface area contributed by atoms with E-state index in [1.54, 1.807) is 24.3 Å². The van der Waals surface area contributed by atoms with Crippen LogP contribution < -0.4 is 4.90 Å². The molecule has 0 N–H and O–H groups in total. The second-order valence-corrected chi connectivity index (χ2v) is 9.77. The predicted octanol–water partition coefficient (Wildman–Crippen LogP) is 6.95. The summed E-state index contributed by atoms with van der Waals surface area (Å²) in [6.45, 7) is 3.95. The number of hydrogen-bond donors (Lipinski definition) is 0. The average molecular weight is 467 g/mol. The SMILES string of the molecule is CC1(C)CC(=O)C2=C(C1)N(c1ccc(Cl)cc1Cl)C(=O)CC2c1c(F)cccc1Cl. The zero-order chi connectivity index (χ0) is 21.8. The highest BCUT2D eigenvalue weighted by molar-refractivity contribution is 6.37. The molecule has 0 spiro atoms. The van der Waals surface area contributed by atoms with Crippen LogP contribution in [0, 0.1) is 11.2 Å². The number of carbonyl (C=O) groups excluding carboxylic acids is 2. The number of halogens is 4. The maximum Gasteiger partial charge on any atom is 0.232 e. The Kier molecular flexibility index (Phi) is 5.46. The van der Waals surface area contributed by atoms with Gasteiger partial charge in [-0.15, -0.1) is 0 Å². The molecule has 0 radical (unpaired) electrons. The number of allylic oxidation sites excluding steroid dienone is 2. The minimum Gasteiger partial charge on any atom is -0.294 e. The van der Waals surface area contributed by atoms with E-state index >= 15 is 0 Å². The summed E-state index contributed by atoms with van der Waals surface area (Å²) in [4.78, 5) is 28.1. The molecule has 2 aromatic rings. The molecular weight excluding hydrogens is 448 g/mol. The fourth-order valence-electron chi connectivity index (χ4n) is 4.45. The third-order valence-corrected chi connectivity index (χ3v) is 6.51. The van der Waals surface area contributed by atoms with E-state index in [0.717, 1.165) is 0 Å².